The van der Waals surface area contributed by atoms with Gasteiger partial charge in [0.2, 0.25) is 5.91 Å². The molecule has 0 aliphatic heterocycles. The van der Waals surface area contributed by atoms with Crippen LogP contribution in [0.15, 0.2) is 29.2 Å². The summed E-state index contributed by atoms with van der Waals surface area (Å²) < 4.78 is 75.8. The third-order valence-electron chi connectivity index (χ3n) is 6.75. The Hall–Kier alpha value is -2.91. The van der Waals surface area contributed by atoms with E-state index in [0.29, 0.717) is 24.2 Å². The van der Waals surface area contributed by atoms with Gasteiger partial charge in [0.25, 0.3) is 0 Å². The van der Waals surface area contributed by atoms with Gasteiger partial charge < -0.3 is 10.1 Å². The van der Waals surface area contributed by atoms with Crippen molar-refractivity contribution >= 4 is 15.7 Å². The lowest BCUT2D eigenvalue weighted by atomic mass is 10.0. The number of nitriles is 1. The molecule has 1 aromatic carbocycles. The zero-order valence-electron chi connectivity index (χ0n) is 19.4. The maximum Gasteiger partial charge on any atom is 0.417 e. The molecule has 0 unspecified atom stereocenters. The van der Waals surface area contributed by atoms with Gasteiger partial charge in [-0.05, 0) is 50.8 Å². The van der Waals surface area contributed by atoms with E-state index < -0.39 is 55.2 Å². The molecule has 35 heavy (non-hydrogen) atoms. The van der Waals surface area contributed by atoms with Crippen LogP contribution in [0.3, 0.4) is 0 Å². The number of carbonyl (C=O) groups is 1. The first-order chi connectivity index (χ1) is 16.3. The third kappa shape index (κ3) is 4.67. The van der Waals surface area contributed by atoms with Crippen LogP contribution < -0.4 is 5.32 Å². The predicted octanol–water partition coefficient (Wildman–Crippen LogP) is 3.15. The number of carbonyl (C=O) groups excluding carboxylic acids is 1. The highest BCUT2D eigenvalue weighted by atomic mass is 32.2. The molecule has 2 fully saturated rings. The molecule has 2 saturated carbocycles. The molecule has 12 heteroatoms. The van der Waals surface area contributed by atoms with Crippen molar-refractivity contribution in [3.05, 3.63) is 35.5 Å². The number of rotatable bonds is 6. The maximum atomic E-state index is 14.0. The third-order valence-corrected chi connectivity index (χ3v) is 8.99. The molecule has 2 aliphatic rings. The van der Waals surface area contributed by atoms with Gasteiger partial charge in [-0.2, -0.15) is 23.5 Å². The number of nitrogens with zero attached hydrogens (tertiary/aromatic N) is 3. The molecule has 1 N–H and O–H groups in total. The Morgan fingerprint density at radius 2 is 1.97 bits per heavy atom. The molecule has 1 amide bonds. The average Bonchev–Trinajstić information content (AvgIpc) is 3.26. The van der Waals surface area contributed by atoms with Gasteiger partial charge in [0.1, 0.15) is 5.54 Å². The number of alkyl halides is 3. The van der Waals surface area contributed by atoms with E-state index in [1.54, 1.807) is 20.0 Å². The van der Waals surface area contributed by atoms with Crippen molar-refractivity contribution < 1.29 is 31.1 Å². The van der Waals surface area contributed by atoms with Gasteiger partial charge in [-0.3, -0.25) is 9.48 Å². The van der Waals surface area contributed by atoms with Gasteiger partial charge in [-0.15, -0.1) is 0 Å². The minimum atomic E-state index is -4.92. The number of ether oxygens (including phenoxy) is 1. The molecule has 188 valence electrons. The summed E-state index contributed by atoms with van der Waals surface area (Å²) in [4.78, 5) is 11.9. The van der Waals surface area contributed by atoms with Crippen LogP contribution in [0, 0.1) is 24.2 Å². The quantitative estimate of drug-likeness (QED) is 0.639. The lowest BCUT2D eigenvalue weighted by Gasteiger charge is -2.19. The van der Waals surface area contributed by atoms with Gasteiger partial charge in [0.05, 0.1) is 45.2 Å². The fourth-order valence-corrected chi connectivity index (χ4v) is 6.68. The standard InChI is InChI=1S/C23H25F3N4O4S/c1-13-8-18(30(2)29-13)14-4-5-20(17(9-14)23(24,25)26)35(32,33)15-10-16(19(11-15)34-3)21(31)28-22(12-27)6-7-22/h4-5,8-9,15-16,19H,6-7,10-11H2,1-3H3,(H,28,31)/t15-,16-,19-/m0/s1. The lowest BCUT2D eigenvalue weighted by molar-refractivity contribution is -0.139. The molecule has 0 spiro atoms. The highest BCUT2D eigenvalue weighted by Gasteiger charge is 2.51. The zero-order valence-corrected chi connectivity index (χ0v) is 20.2. The second-order valence-corrected chi connectivity index (χ2v) is 11.4. The molecule has 3 atom stereocenters. The van der Waals surface area contributed by atoms with Gasteiger partial charge in [-0.25, -0.2) is 8.42 Å². The highest BCUT2D eigenvalue weighted by Crippen LogP contribution is 2.43. The molecular formula is C23H25F3N4O4S. The Labute approximate surface area is 201 Å². The van der Waals surface area contributed by atoms with E-state index in [1.165, 1.54) is 17.9 Å². The summed E-state index contributed by atoms with van der Waals surface area (Å²) in [6.45, 7) is 1.70. The molecule has 0 saturated heterocycles. The number of halogens is 3. The molecule has 1 aromatic heterocycles. The van der Waals surface area contributed by atoms with Gasteiger partial charge >= 0.3 is 6.18 Å². The summed E-state index contributed by atoms with van der Waals surface area (Å²) >= 11 is 0. The van der Waals surface area contributed by atoms with Crippen LogP contribution in [0.25, 0.3) is 11.3 Å². The summed E-state index contributed by atoms with van der Waals surface area (Å²) in [5.41, 5.74) is -1.00. The summed E-state index contributed by atoms with van der Waals surface area (Å²) in [5, 5.41) is 14.8. The normalized spacial score (nSPS) is 23.6. The van der Waals surface area contributed by atoms with Crippen molar-refractivity contribution in [2.45, 2.75) is 60.6 Å². The second kappa shape index (κ2) is 8.64. The number of hydrogen-bond acceptors (Lipinski definition) is 6. The predicted molar refractivity (Wildman–Crippen MR) is 119 cm³/mol. The minimum absolute atomic E-state index is 0.129. The number of sulfone groups is 1. The number of nitrogens with one attached hydrogen (secondary N) is 1. The van der Waals surface area contributed by atoms with E-state index in [4.69, 9.17) is 4.74 Å². The van der Waals surface area contributed by atoms with Crippen LogP contribution in [0.5, 0.6) is 0 Å². The zero-order chi connectivity index (χ0) is 25.8. The highest BCUT2D eigenvalue weighted by molar-refractivity contribution is 7.92. The van der Waals surface area contributed by atoms with Crippen LogP contribution in [0.2, 0.25) is 0 Å². The van der Waals surface area contributed by atoms with Crippen molar-refractivity contribution in [1.82, 2.24) is 15.1 Å². The maximum absolute atomic E-state index is 14.0. The molecule has 0 radical (unpaired) electrons. The van der Waals surface area contributed by atoms with Crippen LogP contribution in [-0.4, -0.2) is 48.1 Å². The first-order valence-corrected chi connectivity index (χ1v) is 12.6. The van der Waals surface area contributed by atoms with Crippen LogP contribution in [-0.2, 0) is 32.6 Å². The Morgan fingerprint density at radius 3 is 2.49 bits per heavy atom. The average molecular weight is 511 g/mol. The van der Waals surface area contributed by atoms with E-state index in [2.05, 4.69) is 10.4 Å². The fraction of sp³-hybridized carbons (Fsp3) is 0.522. The summed E-state index contributed by atoms with van der Waals surface area (Å²) in [5.74, 6) is -1.41. The Morgan fingerprint density at radius 1 is 1.29 bits per heavy atom. The SMILES string of the molecule is CO[C@H]1C[C@@H](S(=O)(=O)c2ccc(-c3cc(C)nn3C)cc2C(F)(F)F)C[C@@H]1C(=O)NC1(C#N)CC1. The van der Waals surface area contributed by atoms with Crippen molar-refractivity contribution in [2.75, 3.05) is 7.11 Å². The molecule has 8 nitrogen and oxygen atoms in total. The first kappa shape index (κ1) is 25.2. The molecule has 1 heterocycles. The van der Waals surface area contributed by atoms with E-state index in [-0.39, 0.29) is 18.4 Å². The number of hydrogen-bond donors (Lipinski definition) is 1. The summed E-state index contributed by atoms with van der Waals surface area (Å²) in [6.07, 6.45) is -5.05. The first-order valence-electron chi connectivity index (χ1n) is 11.0. The van der Waals surface area contributed by atoms with Crippen molar-refractivity contribution in [3.8, 4) is 17.3 Å². The van der Waals surface area contributed by atoms with E-state index in [9.17, 15) is 31.6 Å². The number of methoxy groups -OCH3 is 1. The Balaban J connectivity index is 1.68. The van der Waals surface area contributed by atoms with E-state index in [0.717, 1.165) is 12.1 Å². The molecule has 2 aliphatic carbocycles. The summed E-state index contributed by atoms with van der Waals surface area (Å²) in [6, 6.07) is 6.77. The monoisotopic (exact) mass is 510 g/mol. The van der Waals surface area contributed by atoms with Gasteiger partial charge in [0, 0.05) is 19.7 Å². The second-order valence-electron chi connectivity index (χ2n) is 9.21. The number of benzene rings is 1. The van der Waals surface area contributed by atoms with Crippen LogP contribution >= 0.6 is 0 Å². The van der Waals surface area contributed by atoms with Crippen molar-refractivity contribution in [3.63, 3.8) is 0 Å². The number of aryl methyl sites for hydroxylation is 2. The van der Waals surface area contributed by atoms with E-state index >= 15 is 0 Å². The minimum Gasteiger partial charge on any atom is -0.381 e. The van der Waals surface area contributed by atoms with Crippen molar-refractivity contribution in [1.29, 1.82) is 5.26 Å². The summed E-state index contributed by atoms with van der Waals surface area (Å²) in [7, 11) is -1.55. The lowest BCUT2D eigenvalue weighted by Crippen LogP contribution is -2.42. The van der Waals surface area contributed by atoms with E-state index in [1.807, 2.05) is 6.07 Å². The number of aromatic nitrogens is 2. The van der Waals surface area contributed by atoms with Gasteiger partial charge in [0.15, 0.2) is 9.84 Å². The molecule has 4 rings (SSSR count). The molecule has 0 bridgehead atoms. The molecular weight excluding hydrogens is 485 g/mol. The topological polar surface area (TPSA) is 114 Å². The number of amides is 1. The van der Waals surface area contributed by atoms with Crippen LogP contribution in [0.1, 0.15) is 36.9 Å². The Kier molecular flexibility index (Phi) is 6.22. The molecule has 2 aromatic rings. The largest absolute Gasteiger partial charge is 0.417 e. The fourth-order valence-electron chi connectivity index (χ4n) is 4.68. The smallest absolute Gasteiger partial charge is 0.381 e. The van der Waals surface area contributed by atoms with Crippen molar-refractivity contribution in [2.24, 2.45) is 13.0 Å². The Bertz CT molecular complexity index is 1310. The van der Waals surface area contributed by atoms with Crippen LogP contribution in [0.4, 0.5) is 13.2 Å². The van der Waals surface area contributed by atoms with Gasteiger partial charge in [-0.1, -0.05) is 6.07 Å².